The monoisotopic (exact) mass is 461 g/mol. The van der Waals surface area contributed by atoms with E-state index in [4.69, 9.17) is 9.94 Å². The highest BCUT2D eigenvalue weighted by molar-refractivity contribution is 5.95. The standard InChI is InChI=1S/C23H22F3N3O4/c24-23(25,26)20-11-16-3-1-2-4-19(16)29(20)12-14-5-7-15(8-6-14)21(30)27-18-9-10-33-13-17(18)22(31)28-32/h1-8,11,17-18,32H,9-10,12-13H2,(H,27,30)(H,28,31)/t17-,18+/m0/s1. The smallest absolute Gasteiger partial charge is 0.380 e. The minimum Gasteiger partial charge on any atom is -0.380 e. The number of hydrogen-bond acceptors (Lipinski definition) is 4. The fourth-order valence-corrected chi connectivity index (χ4v) is 4.06. The van der Waals surface area contributed by atoms with E-state index in [-0.39, 0.29) is 13.2 Å². The fraction of sp³-hybridized carbons (Fsp3) is 0.304. The van der Waals surface area contributed by atoms with E-state index < -0.39 is 35.6 Å². The minimum absolute atomic E-state index is 0.0109. The van der Waals surface area contributed by atoms with Crippen molar-refractivity contribution in [3.63, 3.8) is 0 Å². The zero-order valence-electron chi connectivity index (χ0n) is 17.4. The zero-order valence-corrected chi connectivity index (χ0v) is 17.4. The minimum atomic E-state index is -4.50. The van der Waals surface area contributed by atoms with Gasteiger partial charge in [-0.05, 0) is 36.2 Å². The molecule has 2 heterocycles. The Hall–Kier alpha value is -3.37. The van der Waals surface area contributed by atoms with Gasteiger partial charge in [0.15, 0.2) is 0 Å². The summed E-state index contributed by atoms with van der Waals surface area (Å²) in [6, 6.07) is 13.5. The summed E-state index contributed by atoms with van der Waals surface area (Å²) in [6.45, 7) is 0.428. The van der Waals surface area contributed by atoms with Crippen LogP contribution in [0.1, 0.15) is 28.0 Å². The van der Waals surface area contributed by atoms with Crippen LogP contribution in [0.3, 0.4) is 0 Å². The van der Waals surface area contributed by atoms with Gasteiger partial charge in [-0.15, -0.1) is 0 Å². The first-order valence-corrected chi connectivity index (χ1v) is 10.3. The Labute approximate surface area is 187 Å². The number of fused-ring (bicyclic) bond motifs is 1. The van der Waals surface area contributed by atoms with Crippen LogP contribution in [0, 0.1) is 5.92 Å². The largest absolute Gasteiger partial charge is 0.431 e. The van der Waals surface area contributed by atoms with Crippen molar-refractivity contribution in [2.75, 3.05) is 13.2 Å². The first-order valence-electron chi connectivity index (χ1n) is 10.3. The van der Waals surface area contributed by atoms with Crippen molar-refractivity contribution >= 4 is 22.7 Å². The number of amides is 2. The molecule has 4 rings (SSSR count). The van der Waals surface area contributed by atoms with Gasteiger partial charge < -0.3 is 14.6 Å². The van der Waals surface area contributed by atoms with E-state index in [1.807, 2.05) is 0 Å². The summed E-state index contributed by atoms with van der Waals surface area (Å²) in [5.41, 5.74) is 2.22. The molecule has 2 aromatic carbocycles. The van der Waals surface area contributed by atoms with E-state index in [2.05, 4.69) is 5.32 Å². The summed E-state index contributed by atoms with van der Waals surface area (Å²) in [4.78, 5) is 24.5. The number of nitrogens with zero attached hydrogens (tertiary/aromatic N) is 1. The van der Waals surface area contributed by atoms with Gasteiger partial charge in [0, 0.05) is 35.7 Å². The Morgan fingerprint density at radius 2 is 1.85 bits per heavy atom. The van der Waals surface area contributed by atoms with Gasteiger partial charge in [-0.3, -0.25) is 14.8 Å². The number of aromatic nitrogens is 1. The summed E-state index contributed by atoms with van der Waals surface area (Å²) in [6.07, 6.45) is -4.09. The third-order valence-corrected chi connectivity index (χ3v) is 5.78. The molecule has 0 saturated carbocycles. The van der Waals surface area contributed by atoms with Gasteiger partial charge in [0.1, 0.15) is 5.69 Å². The average molecular weight is 461 g/mol. The van der Waals surface area contributed by atoms with E-state index in [0.29, 0.717) is 35.1 Å². The zero-order chi connectivity index (χ0) is 23.6. The highest BCUT2D eigenvalue weighted by atomic mass is 19.4. The predicted molar refractivity (Wildman–Crippen MR) is 113 cm³/mol. The van der Waals surface area contributed by atoms with Crippen molar-refractivity contribution in [2.45, 2.75) is 25.2 Å². The number of carbonyl (C=O) groups excluding carboxylic acids is 2. The summed E-state index contributed by atoms with van der Waals surface area (Å²) in [5.74, 6) is -1.80. The number of hydroxylamine groups is 1. The molecule has 174 valence electrons. The van der Waals surface area contributed by atoms with E-state index in [1.165, 1.54) is 16.7 Å². The molecule has 0 aliphatic carbocycles. The Kier molecular flexibility index (Phi) is 6.39. The normalized spacial score (nSPS) is 18.8. The lowest BCUT2D eigenvalue weighted by Gasteiger charge is -2.30. The number of hydrogen-bond donors (Lipinski definition) is 3. The SMILES string of the molecule is O=C(N[C@@H]1CCOC[C@@H]1C(=O)NO)c1ccc(Cn2c(C(F)(F)F)cc3ccccc32)cc1. The van der Waals surface area contributed by atoms with Crippen molar-refractivity contribution in [3.05, 3.63) is 71.4 Å². The molecule has 1 aromatic heterocycles. The third-order valence-electron chi connectivity index (χ3n) is 5.78. The molecule has 0 radical (unpaired) electrons. The van der Waals surface area contributed by atoms with E-state index in [0.717, 1.165) is 6.07 Å². The van der Waals surface area contributed by atoms with Gasteiger partial charge in [0.05, 0.1) is 12.5 Å². The van der Waals surface area contributed by atoms with Crippen molar-refractivity contribution in [3.8, 4) is 0 Å². The van der Waals surface area contributed by atoms with Crippen LogP contribution < -0.4 is 10.8 Å². The molecule has 1 aliphatic heterocycles. The number of ether oxygens (including phenoxy) is 1. The van der Waals surface area contributed by atoms with Crippen LogP contribution in [0.5, 0.6) is 0 Å². The van der Waals surface area contributed by atoms with Crippen LogP contribution in [0.2, 0.25) is 0 Å². The molecule has 1 fully saturated rings. The predicted octanol–water partition coefficient (Wildman–Crippen LogP) is 3.35. The molecule has 0 spiro atoms. The molecule has 3 aromatic rings. The van der Waals surface area contributed by atoms with Gasteiger partial charge in [0.2, 0.25) is 0 Å². The Bertz CT molecular complexity index is 1160. The van der Waals surface area contributed by atoms with Crippen LogP contribution in [0.15, 0.2) is 54.6 Å². The van der Waals surface area contributed by atoms with Crippen molar-refractivity contribution in [2.24, 2.45) is 5.92 Å². The van der Waals surface area contributed by atoms with Gasteiger partial charge in [-0.25, -0.2) is 5.48 Å². The maximum atomic E-state index is 13.6. The Balaban J connectivity index is 1.51. The second-order valence-electron chi connectivity index (χ2n) is 7.90. The number of nitrogens with one attached hydrogen (secondary N) is 2. The number of halogens is 3. The summed E-state index contributed by atoms with van der Waals surface area (Å²) < 4.78 is 47.2. The number of para-hydroxylation sites is 1. The Morgan fingerprint density at radius 1 is 1.12 bits per heavy atom. The number of carbonyl (C=O) groups is 2. The van der Waals surface area contributed by atoms with Gasteiger partial charge >= 0.3 is 6.18 Å². The lowest BCUT2D eigenvalue weighted by molar-refractivity contribution is -0.143. The summed E-state index contributed by atoms with van der Waals surface area (Å²) in [5, 5.41) is 12.2. The topological polar surface area (TPSA) is 92.6 Å². The van der Waals surface area contributed by atoms with Crippen LogP contribution in [-0.4, -0.2) is 40.8 Å². The van der Waals surface area contributed by atoms with Crippen LogP contribution in [0.25, 0.3) is 10.9 Å². The van der Waals surface area contributed by atoms with E-state index >= 15 is 0 Å². The van der Waals surface area contributed by atoms with Crippen LogP contribution >= 0.6 is 0 Å². The van der Waals surface area contributed by atoms with E-state index in [9.17, 15) is 22.8 Å². The van der Waals surface area contributed by atoms with E-state index in [1.54, 1.807) is 41.9 Å². The molecule has 1 aliphatic rings. The second-order valence-corrected chi connectivity index (χ2v) is 7.90. The summed E-state index contributed by atoms with van der Waals surface area (Å²) in [7, 11) is 0. The fourth-order valence-electron chi connectivity index (χ4n) is 4.06. The van der Waals surface area contributed by atoms with Crippen molar-refractivity contribution in [1.82, 2.24) is 15.4 Å². The van der Waals surface area contributed by atoms with Crippen LogP contribution in [-0.2, 0) is 22.3 Å². The number of benzene rings is 2. The summed E-state index contributed by atoms with van der Waals surface area (Å²) >= 11 is 0. The van der Waals surface area contributed by atoms with Crippen molar-refractivity contribution < 1.29 is 32.7 Å². The molecule has 0 unspecified atom stereocenters. The van der Waals surface area contributed by atoms with Gasteiger partial charge in [-0.2, -0.15) is 13.2 Å². The second kappa shape index (κ2) is 9.24. The first kappa shape index (κ1) is 22.8. The lowest BCUT2D eigenvalue weighted by atomic mass is 9.94. The van der Waals surface area contributed by atoms with Gasteiger partial charge in [0.25, 0.3) is 11.8 Å². The molecule has 3 N–H and O–H groups in total. The highest BCUT2D eigenvalue weighted by Crippen LogP contribution is 2.34. The number of rotatable bonds is 5. The lowest BCUT2D eigenvalue weighted by Crippen LogP contribution is -2.51. The molecular weight excluding hydrogens is 439 g/mol. The van der Waals surface area contributed by atoms with Crippen LogP contribution in [0.4, 0.5) is 13.2 Å². The first-order chi connectivity index (χ1) is 15.8. The molecule has 1 saturated heterocycles. The molecule has 7 nitrogen and oxygen atoms in total. The molecule has 2 amide bonds. The average Bonchev–Trinajstić information content (AvgIpc) is 3.18. The maximum Gasteiger partial charge on any atom is 0.431 e. The molecular formula is C23H22F3N3O4. The molecule has 10 heteroatoms. The highest BCUT2D eigenvalue weighted by Gasteiger charge is 2.35. The molecule has 2 atom stereocenters. The number of alkyl halides is 3. The molecule has 33 heavy (non-hydrogen) atoms. The Morgan fingerprint density at radius 3 is 2.55 bits per heavy atom. The quantitative estimate of drug-likeness (QED) is 0.401. The van der Waals surface area contributed by atoms with Gasteiger partial charge in [-0.1, -0.05) is 30.3 Å². The maximum absolute atomic E-state index is 13.6. The van der Waals surface area contributed by atoms with Crippen molar-refractivity contribution in [1.29, 1.82) is 0 Å². The third kappa shape index (κ3) is 4.86. The molecule has 0 bridgehead atoms.